The van der Waals surface area contributed by atoms with E-state index in [1.54, 1.807) is 0 Å². The van der Waals surface area contributed by atoms with Crippen molar-refractivity contribution in [3.05, 3.63) is 11.8 Å². The predicted molar refractivity (Wildman–Crippen MR) is 136 cm³/mol. The molecule has 0 bridgehead atoms. The maximum atomic E-state index is 12.1. The van der Waals surface area contributed by atoms with Crippen molar-refractivity contribution in [2.75, 3.05) is 32.8 Å². The summed E-state index contributed by atoms with van der Waals surface area (Å²) in [5, 5.41) is 17.6. The zero-order valence-corrected chi connectivity index (χ0v) is 24.2. The van der Waals surface area contributed by atoms with E-state index in [0.717, 1.165) is 31.8 Å². The van der Waals surface area contributed by atoms with Gasteiger partial charge in [-0.1, -0.05) is 60.8 Å². The summed E-state index contributed by atoms with van der Waals surface area (Å²) in [6, 6.07) is 0. The number of aliphatic hydroxyl groups excluding tert-OH is 1. The van der Waals surface area contributed by atoms with Gasteiger partial charge in [-0.25, -0.2) is 0 Å². The van der Waals surface area contributed by atoms with E-state index in [4.69, 9.17) is 5.11 Å². The summed E-state index contributed by atoms with van der Waals surface area (Å²) in [5.41, 5.74) is 0.151. The van der Waals surface area contributed by atoms with Crippen molar-refractivity contribution >= 4 is 11.8 Å². The molecule has 4 N–H and O–H groups in total. The fourth-order valence-corrected chi connectivity index (χ4v) is 3.25. The number of amides is 2. The van der Waals surface area contributed by atoms with Gasteiger partial charge in [0.15, 0.2) is 5.91 Å². The molecule has 6 nitrogen and oxygen atoms in total. The second kappa shape index (κ2) is 18.7. The summed E-state index contributed by atoms with van der Waals surface area (Å²) >= 11 is 0. The molecule has 0 heterocycles. The molecule has 0 aliphatic rings. The van der Waals surface area contributed by atoms with Crippen molar-refractivity contribution in [2.24, 2.45) is 22.7 Å². The Morgan fingerprint density at radius 3 is 1.76 bits per heavy atom. The van der Waals surface area contributed by atoms with Gasteiger partial charge in [-0.2, -0.15) is 34.1 Å². The third-order valence-corrected chi connectivity index (χ3v) is 5.07. The van der Waals surface area contributed by atoms with Gasteiger partial charge >= 0.3 is 16.8 Å². The molecule has 0 saturated carbocycles. The van der Waals surface area contributed by atoms with E-state index in [1.165, 1.54) is 5.92 Å². The maximum Gasteiger partial charge on any atom is 2.00 e. The Kier molecular flexibility index (Phi) is 20.9. The van der Waals surface area contributed by atoms with E-state index in [2.05, 4.69) is 78.3 Å². The number of nitrogens with one attached hydrogen (secondary N) is 3. The van der Waals surface area contributed by atoms with Crippen LogP contribution in [0.15, 0.2) is 0 Å². The molecule has 0 aromatic heterocycles. The Morgan fingerprint density at radius 1 is 0.879 bits per heavy atom. The second-order valence-corrected chi connectivity index (χ2v) is 11.4. The standard InChI is InChI=1S/C14H29N2O.C12H24NO2.Co/c1-7-15-8-9-16-13(17)12(10-11(2)3)14(4,5)6;1-9(2)10(8-12(3,4)5)11(15)13-6-7-14;/h12,15H,7-10H2,1-6H3,(H,16,17);10,14H,6-8H2,1-5H3,(H,13,15);/q2*-1;+2. The number of carbonyl (C=O) groups is 2. The molecule has 0 aliphatic heterocycles. The molecular weight excluding hydrogens is 461 g/mol. The van der Waals surface area contributed by atoms with Crippen LogP contribution in [0.5, 0.6) is 0 Å². The zero-order chi connectivity index (χ0) is 25.5. The van der Waals surface area contributed by atoms with Crippen LogP contribution in [0.4, 0.5) is 0 Å². The van der Waals surface area contributed by atoms with Gasteiger partial charge < -0.3 is 32.9 Å². The molecule has 0 aliphatic carbocycles. The number of aliphatic hydroxyl groups is 1. The monoisotopic (exact) mass is 514 g/mol. The van der Waals surface area contributed by atoms with Crippen molar-refractivity contribution in [3.63, 3.8) is 0 Å². The molecule has 0 saturated heterocycles. The minimum Gasteiger partial charge on any atom is -0.395 e. The van der Waals surface area contributed by atoms with Crippen LogP contribution in [0.2, 0.25) is 0 Å². The summed E-state index contributed by atoms with van der Waals surface area (Å²) in [5.74, 6) is 2.66. The van der Waals surface area contributed by atoms with Crippen LogP contribution < -0.4 is 16.0 Å². The Hall–Kier alpha value is -0.634. The average molecular weight is 515 g/mol. The van der Waals surface area contributed by atoms with Crippen molar-refractivity contribution < 1.29 is 31.5 Å². The maximum absolute atomic E-state index is 12.1. The minimum absolute atomic E-state index is 0. The smallest absolute Gasteiger partial charge is 0.395 e. The van der Waals surface area contributed by atoms with Crippen LogP contribution in [0.1, 0.15) is 89.0 Å². The van der Waals surface area contributed by atoms with Crippen LogP contribution >= 0.6 is 0 Å². The molecule has 0 rings (SSSR count). The fourth-order valence-electron chi connectivity index (χ4n) is 3.25. The Morgan fingerprint density at radius 2 is 1.39 bits per heavy atom. The van der Waals surface area contributed by atoms with Crippen LogP contribution in [0.25, 0.3) is 0 Å². The summed E-state index contributed by atoms with van der Waals surface area (Å²) in [4.78, 5) is 23.9. The van der Waals surface area contributed by atoms with Crippen molar-refractivity contribution in [1.29, 1.82) is 0 Å². The van der Waals surface area contributed by atoms with E-state index in [-0.39, 0.29) is 57.9 Å². The largest absolute Gasteiger partial charge is 2.00 e. The van der Waals surface area contributed by atoms with Gasteiger partial charge in [0.2, 0.25) is 5.91 Å². The SMILES string of the molecule is CCNCCNC(=O)C(C[C-](C)C)C(C)(C)C.C[C-](C)C(CC(C)(C)C)C(=O)NCCO.[Co+2]. The first-order chi connectivity index (χ1) is 14.6. The third-order valence-electron chi connectivity index (χ3n) is 5.07. The van der Waals surface area contributed by atoms with Crippen LogP contribution in [-0.2, 0) is 26.4 Å². The number of rotatable bonds is 12. The van der Waals surface area contributed by atoms with Gasteiger partial charge in [0.1, 0.15) is 0 Å². The summed E-state index contributed by atoms with van der Waals surface area (Å²) < 4.78 is 0. The molecule has 199 valence electrons. The van der Waals surface area contributed by atoms with E-state index in [9.17, 15) is 9.59 Å². The van der Waals surface area contributed by atoms with E-state index in [0.29, 0.717) is 13.1 Å². The van der Waals surface area contributed by atoms with Gasteiger partial charge in [0, 0.05) is 25.6 Å². The Labute approximate surface area is 215 Å². The third kappa shape index (κ3) is 20.5. The number of carbonyl (C=O) groups excluding carboxylic acids is 2. The van der Waals surface area contributed by atoms with Gasteiger partial charge in [0.25, 0.3) is 0 Å². The number of hydrogen-bond donors (Lipinski definition) is 4. The summed E-state index contributed by atoms with van der Waals surface area (Å²) in [7, 11) is 0. The van der Waals surface area contributed by atoms with E-state index >= 15 is 0 Å². The van der Waals surface area contributed by atoms with Gasteiger partial charge in [-0.05, 0) is 17.4 Å². The minimum atomic E-state index is -0.0449. The normalized spacial score (nSPS) is 13.5. The zero-order valence-electron chi connectivity index (χ0n) is 23.2. The van der Waals surface area contributed by atoms with Gasteiger partial charge in [0.05, 0.1) is 6.61 Å². The van der Waals surface area contributed by atoms with Crippen molar-refractivity contribution in [3.8, 4) is 0 Å². The molecular formula is C26H53CoN3O3. The number of hydrogen-bond acceptors (Lipinski definition) is 4. The van der Waals surface area contributed by atoms with Gasteiger partial charge in [-0.15, -0.1) is 0 Å². The van der Waals surface area contributed by atoms with Crippen molar-refractivity contribution in [1.82, 2.24) is 16.0 Å². The molecule has 0 fully saturated rings. The fraction of sp³-hybridized carbons (Fsp3) is 0.846. The number of likely N-dealkylation sites (N-methyl/N-ethyl adjacent to an activating group) is 1. The molecule has 2 unspecified atom stereocenters. The van der Waals surface area contributed by atoms with Crippen LogP contribution in [0, 0.1) is 34.5 Å². The summed E-state index contributed by atoms with van der Waals surface area (Å²) in [6.45, 7) is 25.8. The molecule has 2 amide bonds. The van der Waals surface area contributed by atoms with Crippen LogP contribution in [0.3, 0.4) is 0 Å². The summed E-state index contributed by atoms with van der Waals surface area (Å²) in [6.07, 6.45) is 1.71. The van der Waals surface area contributed by atoms with Gasteiger partial charge in [-0.3, -0.25) is 9.59 Å². The molecule has 33 heavy (non-hydrogen) atoms. The average Bonchev–Trinajstić information content (AvgIpc) is 2.64. The molecule has 0 aromatic rings. The topological polar surface area (TPSA) is 90.5 Å². The second-order valence-electron chi connectivity index (χ2n) is 11.4. The quantitative estimate of drug-likeness (QED) is 0.233. The van der Waals surface area contributed by atoms with E-state index < -0.39 is 0 Å². The first kappa shape index (κ1) is 36.9. The van der Waals surface area contributed by atoms with E-state index in [1.807, 2.05) is 13.8 Å². The van der Waals surface area contributed by atoms with Crippen molar-refractivity contribution in [2.45, 2.75) is 89.0 Å². The first-order valence-corrected chi connectivity index (χ1v) is 12.0. The predicted octanol–water partition coefficient (Wildman–Crippen LogP) is 4.14. The Balaban J connectivity index is -0.000000533. The molecule has 0 spiro atoms. The molecule has 7 heteroatoms. The molecule has 1 radical (unpaired) electrons. The van der Waals surface area contributed by atoms with Crippen LogP contribution in [-0.4, -0.2) is 49.7 Å². The first-order valence-electron chi connectivity index (χ1n) is 12.0. The Bertz CT molecular complexity index is 512. The molecule has 2 atom stereocenters. The molecule has 0 aromatic carbocycles.